The largest absolute Gasteiger partial charge is 2.00 e. The van der Waals surface area contributed by atoms with Crippen molar-refractivity contribution in [3.05, 3.63) is 144 Å². The second-order valence-corrected chi connectivity index (χ2v) is 17.0. The molecular formula is C48H42N4OPt. The van der Waals surface area contributed by atoms with Crippen LogP contribution in [0.5, 0.6) is 11.5 Å². The van der Waals surface area contributed by atoms with Crippen LogP contribution in [0.4, 0.5) is 0 Å². The first-order valence-corrected chi connectivity index (χ1v) is 18.6. The summed E-state index contributed by atoms with van der Waals surface area (Å²) < 4.78 is 11.2. The third kappa shape index (κ3) is 4.42. The third-order valence-electron chi connectivity index (χ3n) is 13.5. The summed E-state index contributed by atoms with van der Waals surface area (Å²) in [6.45, 7) is 18.8. The van der Waals surface area contributed by atoms with Crippen LogP contribution in [0.3, 0.4) is 0 Å². The summed E-state index contributed by atoms with van der Waals surface area (Å²) in [4.78, 5) is 5.47. The standard InChI is InChI=1S/C48H42N4O.Pt/c1-45(2)37-25-23-32(27-39(37)52-42(47(45,5)6)36(28-49-52)29-16-11-9-12-17-29)53-31-22-24-33-34-20-15-21-38-41(34)51-43(48(7,8)46(38,3)4)40(30-18-13-10-14-19-30)50-44(51)35(33)26-31;/h9-25,28H,1-8H3;/q-2;+2. The van der Waals surface area contributed by atoms with Gasteiger partial charge in [0, 0.05) is 50.1 Å². The van der Waals surface area contributed by atoms with Crippen molar-refractivity contribution in [3.8, 4) is 39.6 Å². The van der Waals surface area contributed by atoms with E-state index in [-0.39, 0.29) is 42.7 Å². The van der Waals surface area contributed by atoms with Crippen LogP contribution in [-0.4, -0.2) is 19.2 Å². The van der Waals surface area contributed by atoms with E-state index < -0.39 is 0 Å². The number of fused-ring (bicyclic) bond motifs is 6. The molecule has 270 valence electrons. The summed E-state index contributed by atoms with van der Waals surface area (Å²) in [5.74, 6) is 1.24. The number of aromatic nitrogens is 4. The summed E-state index contributed by atoms with van der Waals surface area (Å²) >= 11 is 0. The molecule has 0 N–H and O–H groups in total. The summed E-state index contributed by atoms with van der Waals surface area (Å²) in [6, 6.07) is 43.6. The summed E-state index contributed by atoms with van der Waals surface area (Å²) in [6.07, 6.45) is 2.00. The molecule has 2 aliphatic heterocycles. The Labute approximate surface area is 331 Å². The maximum atomic E-state index is 6.68. The number of ether oxygens (including phenoxy) is 1. The zero-order valence-electron chi connectivity index (χ0n) is 31.9. The molecule has 0 bridgehead atoms. The van der Waals surface area contributed by atoms with Gasteiger partial charge in [0.15, 0.2) is 0 Å². The first-order valence-electron chi connectivity index (χ1n) is 18.6. The molecule has 5 heterocycles. The average molecular weight is 886 g/mol. The van der Waals surface area contributed by atoms with Crippen molar-refractivity contribution in [1.29, 1.82) is 0 Å². The minimum atomic E-state index is -0.215. The van der Waals surface area contributed by atoms with Gasteiger partial charge in [-0.2, -0.15) is 11.2 Å². The second kappa shape index (κ2) is 11.5. The molecule has 0 aliphatic carbocycles. The number of nitrogens with zero attached hydrogens (tertiary/aromatic N) is 4. The fraction of sp³-hybridized carbons (Fsp3) is 0.250. The summed E-state index contributed by atoms with van der Waals surface area (Å²) in [5.41, 5.74) is 11.7. The molecule has 5 nitrogen and oxygen atoms in total. The Morgan fingerprint density at radius 1 is 0.574 bits per heavy atom. The quantitative estimate of drug-likeness (QED) is 0.131. The second-order valence-electron chi connectivity index (χ2n) is 17.0. The van der Waals surface area contributed by atoms with E-state index in [0.717, 1.165) is 44.5 Å². The molecule has 0 saturated carbocycles. The molecule has 54 heavy (non-hydrogen) atoms. The number of imidazole rings is 1. The molecule has 2 aliphatic rings. The molecule has 0 spiro atoms. The Hall–Kier alpha value is -4.99. The van der Waals surface area contributed by atoms with Gasteiger partial charge in [0.1, 0.15) is 0 Å². The van der Waals surface area contributed by atoms with E-state index in [0.29, 0.717) is 11.5 Å². The molecule has 8 aromatic rings. The van der Waals surface area contributed by atoms with Crippen LogP contribution in [0.1, 0.15) is 77.9 Å². The number of benzene rings is 5. The van der Waals surface area contributed by atoms with Crippen LogP contribution < -0.4 is 4.74 Å². The van der Waals surface area contributed by atoms with Crippen LogP contribution in [0.25, 0.3) is 55.4 Å². The minimum Gasteiger partial charge on any atom is -0.503 e. The van der Waals surface area contributed by atoms with Crippen LogP contribution in [0, 0.1) is 12.1 Å². The molecule has 0 atom stereocenters. The number of hydrogen-bond acceptors (Lipinski definition) is 3. The van der Waals surface area contributed by atoms with Gasteiger partial charge in [-0.05, 0) is 27.6 Å². The predicted octanol–water partition coefficient (Wildman–Crippen LogP) is 11.7. The fourth-order valence-corrected chi connectivity index (χ4v) is 9.15. The minimum absolute atomic E-state index is 0. The molecule has 6 heteroatoms. The predicted molar refractivity (Wildman–Crippen MR) is 214 cm³/mol. The van der Waals surface area contributed by atoms with E-state index in [1.165, 1.54) is 33.4 Å². The molecular weight excluding hydrogens is 844 g/mol. The maximum Gasteiger partial charge on any atom is 2.00 e. The van der Waals surface area contributed by atoms with Crippen LogP contribution >= 0.6 is 0 Å². The number of pyridine rings is 1. The molecule has 0 fully saturated rings. The van der Waals surface area contributed by atoms with Crippen molar-refractivity contribution >= 4 is 27.3 Å². The Morgan fingerprint density at radius 3 is 1.93 bits per heavy atom. The average Bonchev–Trinajstić information content (AvgIpc) is 3.79. The number of rotatable bonds is 4. The van der Waals surface area contributed by atoms with Crippen molar-refractivity contribution < 1.29 is 25.8 Å². The Morgan fingerprint density at radius 2 is 1.20 bits per heavy atom. The Bertz CT molecular complexity index is 2810. The smallest absolute Gasteiger partial charge is 0.503 e. The molecule has 0 saturated heterocycles. The molecule has 0 unspecified atom stereocenters. The van der Waals surface area contributed by atoms with E-state index >= 15 is 0 Å². The van der Waals surface area contributed by atoms with Gasteiger partial charge in [0.25, 0.3) is 0 Å². The van der Waals surface area contributed by atoms with E-state index in [9.17, 15) is 0 Å². The molecule has 0 amide bonds. The normalized spacial score (nSPS) is 17.0. The van der Waals surface area contributed by atoms with Crippen molar-refractivity contribution in [2.75, 3.05) is 0 Å². The zero-order chi connectivity index (χ0) is 36.7. The third-order valence-corrected chi connectivity index (χ3v) is 13.5. The Balaban J connectivity index is 0.00000384. The maximum absolute atomic E-state index is 6.68. The zero-order valence-corrected chi connectivity index (χ0v) is 34.2. The van der Waals surface area contributed by atoms with Gasteiger partial charge < -0.3 is 9.14 Å². The van der Waals surface area contributed by atoms with Crippen LogP contribution in [0.2, 0.25) is 0 Å². The van der Waals surface area contributed by atoms with E-state index in [2.05, 4.69) is 168 Å². The number of hydrogen-bond donors (Lipinski definition) is 0. The van der Waals surface area contributed by atoms with E-state index in [1.54, 1.807) is 0 Å². The van der Waals surface area contributed by atoms with Crippen LogP contribution in [0.15, 0.2) is 109 Å². The van der Waals surface area contributed by atoms with Crippen molar-refractivity contribution in [2.45, 2.75) is 77.0 Å². The monoisotopic (exact) mass is 885 g/mol. The van der Waals surface area contributed by atoms with Crippen molar-refractivity contribution in [1.82, 2.24) is 19.2 Å². The van der Waals surface area contributed by atoms with Gasteiger partial charge in [-0.15, -0.1) is 29.8 Å². The van der Waals surface area contributed by atoms with E-state index in [4.69, 9.17) is 14.8 Å². The van der Waals surface area contributed by atoms with Gasteiger partial charge >= 0.3 is 21.1 Å². The Kier molecular flexibility index (Phi) is 7.41. The summed E-state index contributed by atoms with van der Waals surface area (Å²) in [5, 5.41) is 8.21. The van der Waals surface area contributed by atoms with Crippen molar-refractivity contribution in [2.24, 2.45) is 0 Å². The van der Waals surface area contributed by atoms with Crippen molar-refractivity contribution in [3.63, 3.8) is 0 Å². The molecule has 10 rings (SSSR count). The molecule has 3 aromatic heterocycles. The molecule has 0 radical (unpaired) electrons. The van der Waals surface area contributed by atoms with Gasteiger partial charge in [-0.3, -0.25) is 9.67 Å². The van der Waals surface area contributed by atoms with Gasteiger partial charge in [-0.25, -0.2) is 0 Å². The number of para-hydroxylation sites is 1. The fourth-order valence-electron chi connectivity index (χ4n) is 9.15. The van der Waals surface area contributed by atoms with Crippen LogP contribution in [-0.2, 0) is 42.7 Å². The van der Waals surface area contributed by atoms with Gasteiger partial charge in [0.2, 0.25) is 0 Å². The molecule has 5 aromatic carbocycles. The summed E-state index contributed by atoms with van der Waals surface area (Å²) in [7, 11) is 0. The SMILES string of the molecule is CC1(C)c2ccc(Oc3[c-]c4c(cc3)c3cccc5c3n3c(c(-c6ccccc6)nc43)C(C)(C)C5(C)C)[c-]c2-n2ncc(-c3ccccc3)c2C1(C)C.[Pt+2]. The first-order chi connectivity index (χ1) is 25.3. The topological polar surface area (TPSA) is 44.4 Å². The van der Waals surface area contributed by atoms with Gasteiger partial charge in [-0.1, -0.05) is 151 Å². The van der Waals surface area contributed by atoms with E-state index in [1.807, 2.05) is 18.3 Å². The van der Waals surface area contributed by atoms with Gasteiger partial charge in [0.05, 0.1) is 23.2 Å². The first kappa shape index (κ1) is 34.8.